The van der Waals surface area contributed by atoms with Gasteiger partial charge in [0, 0.05) is 44.1 Å². The van der Waals surface area contributed by atoms with Gasteiger partial charge in [-0.15, -0.1) is 0 Å². The molecule has 108 valence electrons. The Hall–Kier alpha value is -2.11. The summed E-state index contributed by atoms with van der Waals surface area (Å²) in [6.07, 6.45) is -2.09. The molecule has 6 nitrogen and oxygen atoms in total. The third-order valence-electron chi connectivity index (χ3n) is 3.01. The molecule has 0 radical (unpaired) electrons. The highest BCUT2D eigenvalue weighted by molar-refractivity contribution is 5.75. The van der Waals surface area contributed by atoms with Crippen molar-refractivity contribution >= 4 is 16.8 Å². The number of Topliss-reactive ketones (excluding diaryl/α,β-unsaturated/α-hetero) is 1. The first-order valence-corrected chi connectivity index (χ1v) is 5.95. The van der Waals surface area contributed by atoms with Gasteiger partial charge in [0.1, 0.15) is 11.4 Å². The van der Waals surface area contributed by atoms with Crippen molar-refractivity contribution in [1.82, 2.24) is 13.7 Å². The minimum Gasteiger partial charge on any atom is -0.337 e. The van der Waals surface area contributed by atoms with E-state index in [0.717, 1.165) is 13.7 Å². The molecule has 0 atom stereocenters. The predicted molar refractivity (Wildman–Crippen MR) is 77.0 cm³/mol. The maximum Gasteiger partial charge on any atom is 0.332 e. The molecule has 0 aliphatic rings. The van der Waals surface area contributed by atoms with Crippen LogP contribution < -0.4 is 11.2 Å². The lowest BCUT2D eigenvalue weighted by atomic mass is 10.2. The van der Waals surface area contributed by atoms with Crippen LogP contribution in [0.15, 0.2) is 21.9 Å². The quantitative estimate of drug-likeness (QED) is 0.816. The number of carbonyl (C=O) groups is 1. The molecule has 0 spiro atoms. The number of aromatic nitrogens is 3. The first kappa shape index (κ1) is 7.06. The average Bonchev–Trinajstić information content (AvgIpc) is 3.00. The minimum absolute atomic E-state index is 0.000182. The molecule has 0 unspecified atom stereocenters. The summed E-state index contributed by atoms with van der Waals surface area (Å²) in [4.78, 5) is 36.8. The smallest absolute Gasteiger partial charge is 0.332 e. The SMILES string of the molecule is [2H]C([2H])([2H])C(=O)C([2H])([2H])CCCn1c(=O)c2ccn(C([2H])([2H])[2H])c2n(C)c1=O. The summed E-state index contributed by atoms with van der Waals surface area (Å²) in [6, 6.07) is 1.28. The summed E-state index contributed by atoms with van der Waals surface area (Å²) < 4.78 is 61.4. The fourth-order valence-corrected chi connectivity index (χ4v) is 2.07. The van der Waals surface area contributed by atoms with Crippen LogP contribution in [-0.2, 0) is 25.4 Å². The summed E-state index contributed by atoms with van der Waals surface area (Å²) in [6.45, 7) is -5.93. The maximum atomic E-state index is 12.6. The van der Waals surface area contributed by atoms with Gasteiger partial charge in [0.05, 0.1) is 5.39 Å². The Balaban J connectivity index is 2.36. The van der Waals surface area contributed by atoms with E-state index in [9.17, 15) is 14.4 Å². The van der Waals surface area contributed by atoms with Gasteiger partial charge in [0.15, 0.2) is 0 Å². The lowest BCUT2D eigenvalue weighted by molar-refractivity contribution is -0.117. The summed E-state index contributed by atoms with van der Waals surface area (Å²) in [7, 11) is 1.31. The van der Waals surface area contributed by atoms with Crippen molar-refractivity contribution in [1.29, 1.82) is 0 Å². The third kappa shape index (κ3) is 2.45. The summed E-state index contributed by atoms with van der Waals surface area (Å²) in [5.41, 5.74) is -1.62. The zero-order valence-electron chi connectivity index (χ0n) is 18.8. The van der Waals surface area contributed by atoms with Crippen LogP contribution in [-0.4, -0.2) is 19.5 Å². The zero-order chi connectivity index (χ0) is 21.7. The Morgan fingerprint density at radius 3 is 2.90 bits per heavy atom. The Labute approximate surface area is 127 Å². The van der Waals surface area contributed by atoms with E-state index >= 15 is 0 Å². The van der Waals surface area contributed by atoms with Gasteiger partial charge in [-0.1, -0.05) is 0 Å². The van der Waals surface area contributed by atoms with Crippen molar-refractivity contribution in [3.63, 3.8) is 0 Å². The lowest BCUT2D eigenvalue weighted by Gasteiger charge is -2.09. The van der Waals surface area contributed by atoms with E-state index < -0.39 is 43.7 Å². The van der Waals surface area contributed by atoms with Crippen LogP contribution in [0.5, 0.6) is 0 Å². The van der Waals surface area contributed by atoms with E-state index in [1.807, 2.05) is 0 Å². The second-order valence-corrected chi connectivity index (χ2v) is 4.33. The lowest BCUT2D eigenvalue weighted by Crippen LogP contribution is -2.39. The van der Waals surface area contributed by atoms with E-state index in [4.69, 9.17) is 11.0 Å². The minimum atomic E-state index is -3.09. The normalized spacial score (nSPS) is 19.1. The topological polar surface area (TPSA) is 66.0 Å². The molecule has 0 amide bonds. The molecule has 6 heteroatoms. The van der Waals surface area contributed by atoms with Gasteiger partial charge in [-0.2, -0.15) is 0 Å². The second kappa shape index (κ2) is 5.48. The monoisotopic (exact) mass is 285 g/mol. The number of ketones is 1. The molecule has 2 aromatic heterocycles. The first-order chi connectivity index (χ1) is 12.6. The molecule has 0 aromatic carbocycles. The van der Waals surface area contributed by atoms with Crippen molar-refractivity contribution in [3.8, 4) is 0 Å². The predicted octanol–water partition coefficient (Wildman–Crippen LogP) is 0.798. The number of carbonyl (C=O) groups excluding carboxylic acids is 1. The Morgan fingerprint density at radius 2 is 2.20 bits per heavy atom. The molecule has 0 bridgehead atoms. The molecule has 0 saturated heterocycles. The van der Waals surface area contributed by atoms with Gasteiger partial charge < -0.3 is 9.36 Å². The summed E-state index contributed by atoms with van der Waals surface area (Å²) in [5.74, 6) is -1.54. The molecule has 2 heterocycles. The van der Waals surface area contributed by atoms with Crippen LogP contribution in [0.2, 0.25) is 0 Å². The maximum absolute atomic E-state index is 12.6. The highest BCUT2D eigenvalue weighted by Gasteiger charge is 2.12. The number of aryl methyl sites for hydroxylation is 2. The van der Waals surface area contributed by atoms with E-state index in [1.165, 1.54) is 19.3 Å². The van der Waals surface area contributed by atoms with Crippen molar-refractivity contribution in [3.05, 3.63) is 33.1 Å². The average molecular weight is 285 g/mol. The van der Waals surface area contributed by atoms with E-state index in [-0.39, 0.29) is 24.0 Å². The second-order valence-electron chi connectivity index (χ2n) is 4.33. The van der Waals surface area contributed by atoms with Crippen molar-refractivity contribution in [2.24, 2.45) is 14.0 Å². The van der Waals surface area contributed by atoms with Crippen LogP contribution in [0.3, 0.4) is 0 Å². The molecule has 2 rings (SSSR count). The molecular formula is C14H19N3O3. The molecule has 0 aliphatic carbocycles. The van der Waals surface area contributed by atoms with Crippen LogP contribution >= 0.6 is 0 Å². The van der Waals surface area contributed by atoms with Crippen molar-refractivity contribution in [2.75, 3.05) is 0 Å². The molecule has 0 aliphatic heterocycles. The zero-order valence-corrected chi connectivity index (χ0v) is 10.8. The standard InChI is InChI=1S/C14H19N3O3/c1-10(18)6-4-5-8-17-13(19)11-7-9-15(2)12(11)16(3)14(17)20/h7,9H,4-6,8H2,1-3H3/i1D3,2D3,6D2. The van der Waals surface area contributed by atoms with Crippen LogP contribution in [0.25, 0.3) is 11.0 Å². The van der Waals surface area contributed by atoms with E-state index in [0.29, 0.717) is 0 Å². The van der Waals surface area contributed by atoms with Gasteiger partial charge >= 0.3 is 5.69 Å². The number of hydrogen-bond donors (Lipinski definition) is 0. The van der Waals surface area contributed by atoms with E-state index in [1.54, 1.807) is 0 Å². The number of hydrogen-bond acceptors (Lipinski definition) is 3. The van der Waals surface area contributed by atoms with E-state index in [2.05, 4.69) is 0 Å². The molecular weight excluding hydrogens is 258 g/mol. The van der Waals surface area contributed by atoms with Gasteiger partial charge in [-0.05, 0) is 25.8 Å². The molecule has 20 heavy (non-hydrogen) atoms. The number of rotatable bonds is 5. The molecule has 0 fully saturated rings. The van der Waals surface area contributed by atoms with Crippen molar-refractivity contribution in [2.45, 2.75) is 32.6 Å². The fourth-order valence-electron chi connectivity index (χ4n) is 2.07. The van der Waals surface area contributed by atoms with Gasteiger partial charge in [-0.25, -0.2) is 4.79 Å². The van der Waals surface area contributed by atoms with Crippen molar-refractivity contribution < 1.29 is 15.8 Å². The number of nitrogens with zero attached hydrogens (tertiary/aromatic N) is 3. The fraction of sp³-hybridized carbons (Fsp3) is 0.500. The Bertz CT molecular complexity index is 1030. The summed E-state index contributed by atoms with van der Waals surface area (Å²) in [5, 5.41) is -0.000182. The number of fused-ring (bicyclic) bond motifs is 1. The van der Waals surface area contributed by atoms with Gasteiger partial charge in [-0.3, -0.25) is 13.9 Å². The largest absolute Gasteiger partial charge is 0.337 e. The highest BCUT2D eigenvalue weighted by Crippen LogP contribution is 2.07. The Morgan fingerprint density at radius 1 is 1.40 bits per heavy atom. The van der Waals surface area contributed by atoms with Crippen LogP contribution in [0.1, 0.15) is 37.0 Å². The first-order valence-electron chi connectivity index (χ1n) is 9.95. The summed E-state index contributed by atoms with van der Waals surface area (Å²) >= 11 is 0. The van der Waals surface area contributed by atoms with Gasteiger partial charge in [0.25, 0.3) is 5.56 Å². The van der Waals surface area contributed by atoms with Crippen LogP contribution in [0, 0.1) is 0 Å². The molecule has 2 aromatic rings. The third-order valence-corrected chi connectivity index (χ3v) is 3.01. The molecule has 0 N–H and O–H groups in total. The highest BCUT2D eigenvalue weighted by atomic mass is 16.2. The van der Waals surface area contributed by atoms with Gasteiger partial charge in [0.2, 0.25) is 0 Å². The van der Waals surface area contributed by atoms with Crippen LogP contribution in [0.4, 0.5) is 0 Å². The molecule has 0 saturated carbocycles. The Kier molecular flexibility index (Phi) is 1.93.